The Bertz CT molecular complexity index is 546. The van der Waals surface area contributed by atoms with Crippen molar-refractivity contribution in [2.75, 3.05) is 7.11 Å². The summed E-state index contributed by atoms with van der Waals surface area (Å²) < 4.78 is 5.13. The van der Waals surface area contributed by atoms with Gasteiger partial charge in [-0.05, 0) is 60.4 Å². The van der Waals surface area contributed by atoms with Gasteiger partial charge in [-0.25, -0.2) is 0 Å². The van der Waals surface area contributed by atoms with Crippen LogP contribution >= 0.6 is 17.0 Å². The molecule has 0 heterocycles. The lowest BCUT2D eigenvalue weighted by atomic mass is 10.1. The predicted molar refractivity (Wildman–Crippen MR) is 95.6 cm³/mol. The fourth-order valence-corrected chi connectivity index (χ4v) is 1.97. The molecule has 0 aliphatic carbocycles. The molecule has 0 amide bonds. The molecule has 0 saturated heterocycles. The van der Waals surface area contributed by atoms with Gasteiger partial charge in [-0.2, -0.15) is 0 Å². The van der Waals surface area contributed by atoms with Crippen LogP contribution in [0.5, 0.6) is 5.75 Å². The van der Waals surface area contributed by atoms with Crippen molar-refractivity contribution >= 4 is 28.9 Å². The Hall–Kier alpha value is -1.61. The van der Waals surface area contributed by atoms with E-state index in [1.54, 1.807) is 7.11 Å². The lowest BCUT2D eigenvalue weighted by Gasteiger charge is -2.01. The Morgan fingerprint density at radius 2 is 1.67 bits per heavy atom. The molecule has 0 aliphatic rings. The lowest BCUT2D eigenvalue weighted by molar-refractivity contribution is 0.415. The molecule has 0 aliphatic heterocycles. The number of unbranched alkanes of at least 4 members (excludes halogenated alkanes) is 1. The first-order chi connectivity index (χ1) is 9.81. The van der Waals surface area contributed by atoms with E-state index in [1.807, 2.05) is 30.5 Å². The highest BCUT2D eigenvalue weighted by Gasteiger charge is 1.94. The maximum atomic E-state index is 5.13. The van der Waals surface area contributed by atoms with Gasteiger partial charge >= 0.3 is 0 Å². The maximum absolute atomic E-state index is 5.13. The van der Waals surface area contributed by atoms with E-state index < -0.39 is 0 Å². The van der Waals surface area contributed by atoms with E-state index in [4.69, 9.17) is 4.74 Å². The molecule has 0 N–H and O–H groups in total. The Kier molecular flexibility index (Phi) is 7.76. The SMILES string of the molecule is Br.CCCCc1ccc(N=Cc2ccc(OC)cc2)cc1. The highest BCUT2D eigenvalue weighted by atomic mass is 79.9. The molecule has 2 aromatic carbocycles. The van der Waals surface area contributed by atoms with Crippen LogP contribution < -0.4 is 4.74 Å². The van der Waals surface area contributed by atoms with E-state index in [9.17, 15) is 0 Å². The number of aliphatic imine (C=N–C) groups is 1. The van der Waals surface area contributed by atoms with E-state index >= 15 is 0 Å². The largest absolute Gasteiger partial charge is 0.497 e. The Morgan fingerprint density at radius 3 is 2.24 bits per heavy atom. The van der Waals surface area contributed by atoms with Gasteiger partial charge in [0.2, 0.25) is 0 Å². The van der Waals surface area contributed by atoms with Crippen molar-refractivity contribution in [2.24, 2.45) is 4.99 Å². The van der Waals surface area contributed by atoms with Gasteiger partial charge in [-0.1, -0.05) is 25.5 Å². The van der Waals surface area contributed by atoms with Crippen LogP contribution in [0.1, 0.15) is 30.9 Å². The van der Waals surface area contributed by atoms with Gasteiger partial charge in [-0.15, -0.1) is 17.0 Å². The first-order valence-electron chi connectivity index (χ1n) is 7.09. The molecule has 112 valence electrons. The second-order valence-corrected chi connectivity index (χ2v) is 4.80. The van der Waals surface area contributed by atoms with Crippen molar-refractivity contribution in [2.45, 2.75) is 26.2 Å². The van der Waals surface area contributed by atoms with Crippen LogP contribution in [-0.4, -0.2) is 13.3 Å². The second-order valence-electron chi connectivity index (χ2n) is 4.80. The molecule has 3 heteroatoms. The van der Waals surface area contributed by atoms with Crippen LogP contribution in [0.25, 0.3) is 0 Å². The molecule has 2 nitrogen and oxygen atoms in total. The normalized spacial score (nSPS) is 10.4. The third kappa shape index (κ3) is 5.72. The van der Waals surface area contributed by atoms with Gasteiger partial charge in [-0.3, -0.25) is 4.99 Å². The zero-order valence-corrected chi connectivity index (χ0v) is 14.3. The number of aryl methyl sites for hydroxylation is 1. The summed E-state index contributed by atoms with van der Waals surface area (Å²) in [5, 5.41) is 0. The zero-order chi connectivity index (χ0) is 14.2. The summed E-state index contributed by atoms with van der Waals surface area (Å²) in [6, 6.07) is 16.4. The fourth-order valence-electron chi connectivity index (χ4n) is 1.97. The monoisotopic (exact) mass is 347 g/mol. The van der Waals surface area contributed by atoms with Crippen molar-refractivity contribution in [3.05, 3.63) is 59.7 Å². The van der Waals surface area contributed by atoms with Crippen LogP contribution in [0.2, 0.25) is 0 Å². The van der Waals surface area contributed by atoms with Crippen molar-refractivity contribution < 1.29 is 4.74 Å². The number of hydrogen-bond donors (Lipinski definition) is 0. The molecule has 0 fully saturated rings. The summed E-state index contributed by atoms with van der Waals surface area (Å²) in [7, 11) is 1.67. The second kappa shape index (κ2) is 9.35. The van der Waals surface area contributed by atoms with Crippen LogP contribution in [-0.2, 0) is 6.42 Å². The van der Waals surface area contributed by atoms with E-state index in [0.717, 1.165) is 23.4 Å². The van der Waals surface area contributed by atoms with Crippen molar-refractivity contribution in [1.29, 1.82) is 0 Å². The molecule has 0 bridgehead atoms. The van der Waals surface area contributed by atoms with Crippen LogP contribution in [0.3, 0.4) is 0 Å². The first-order valence-corrected chi connectivity index (χ1v) is 7.09. The average molecular weight is 348 g/mol. The van der Waals surface area contributed by atoms with Gasteiger partial charge in [0.25, 0.3) is 0 Å². The van der Waals surface area contributed by atoms with Crippen LogP contribution in [0.4, 0.5) is 5.69 Å². The molecule has 0 atom stereocenters. The van der Waals surface area contributed by atoms with Crippen molar-refractivity contribution in [3.63, 3.8) is 0 Å². The molecular formula is C18H22BrNO. The summed E-state index contributed by atoms with van der Waals surface area (Å²) in [6.07, 6.45) is 5.51. The molecule has 0 spiro atoms. The van der Waals surface area contributed by atoms with Gasteiger partial charge in [0, 0.05) is 6.21 Å². The summed E-state index contributed by atoms with van der Waals surface area (Å²) in [5.41, 5.74) is 3.44. The predicted octanol–water partition coefficient (Wildman–Crippen LogP) is 5.37. The molecule has 0 aromatic heterocycles. The highest BCUT2D eigenvalue weighted by Crippen LogP contribution is 2.15. The van der Waals surface area contributed by atoms with E-state index in [1.165, 1.54) is 18.4 Å². The lowest BCUT2D eigenvalue weighted by Crippen LogP contribution is -1.85. The quantitative estimate of drug-likeness (QED) is 0.644. The number of rotatable bonds is 6. The number of benzene rings is 2. The topological polar surface area (TPSA) is 21.6 Å². The Labute approximate surface area is 137 Å². The summed E-state index contributed by atoms with van der Waals surface area (Å²) in [4.78, 5) is 4.49. The van der Waals surface area contributed by atoms with E-state index in [2.05, 4.69) is 36.2 Å². The minimum atomic E-state index is 0. The van der Waals surface area contributed by atoms with Gasteiger partial charge in [0.05, 0.1) is 12.8 Å². The highest BCUT2D eigenvalue weighted by molar-refractivity contribution is 8.93. The fraction of sp³-hybridized carbons (Fsp3) is 0.278. The minimum absolute atomic E-state index is 0. The third-order valence-corrected chi connectivity index (χ3v) is 3.23. The third-order valence-electron chi connectivity index (χ3n) is 3.23. The molecule has 0 saturated carbocycles. The average Bonchev–Trinajstić information content (AvgIpc) is 2.52. The van der Waals surface area contributed by atoms with Gasteiger partial charge in [0.1, 0.15) is 5.75 Å². The van der Waals surface area contributed by atoms with Crippen molar-refractivity contribution in [1.82, 2.24) is 0 Å². The number of halogens is 1. The van der Waals surface area contributed by atoms with E-state index in [-0.39, 0.29) is 17.0 Å². The van der Waals surface area contributed by atoms with Crippen LogP contribution in [0, 0.1) is 0 Å². The summed E-state index contributed by atoms with van der Waals surface area (Å²) in [5.74, 6) is 0.863. The number of ether oxygens (including phenoxy) is 1. The molecule has 0 unspecified atom stereocenters. The van der Waals surface area contributed by atoms with Crippen LogP contribution in [0.15, 0.2) is 53.5 Å². The molecule has 2 rings (SSSR count). The Morgan fingerprint density at radius 1 is 1.00 bits per heavy atom. The number of hydrogen-bond acceptors (Lipinski definition) is 2. The van der Waals surface area contributed by atoms with Gasteiger partial charge in [0.15, 0.2) is 0 Å². The minimum Gasteiger partial charge on any atom is -0.497 e. The number of nitrogens with zero attached hydrogens (tertiary/aromatic N) is 1. The molecule has 2 aromatic rings. The maximum Gasteiger partial charge on any atom is 0.118 e. The zero-order valence-electron chi connectivity index (χ0n) is 12.6. The molecule has 21 heavy (non-hydrogen) atoms. The number of methoxy groups -OCH3 is 1. The Balaban J connectivity index is 0.00000220. The van der Waals surface area contributed by atoms with Gasteiger partial charge < -0.3 is 4.74 Å². The van der Waals surface area contributed by atoms with Crippen molar-refractivity contribution in [3.8, 4) is 5.75 Å². The summed E-state index contributed by atoms with van der Waals surface area (Å²) >= 11 is 0. The first kappa shape index (κ1) is 17.4. The molecular weight excluding hydrogens is 326 g/mol. The van der Waals surface area contributed by atoms with E-state index in [0.29, 0.717) is 0 Å². The smallest absolute Gasteiger partial charge is 0.118 e. The summed E-state index contributed by atoms with van der Waals surface area (Å²) in [6.45, 7) is 2.22. The standard InChI is InChI=1S/C18H21NO.BrH/c1-3-4-5-15-6-10-17(11-7-15)19-14-16-8-12-18(20-2)13-9-16;/h6-14H,3-5H2,1-2H3;1H. The molecule has 0 radical (unpaired) electrons.